The maximum absolute atomic E-state index is 12.8. The van der Waals surface area contributed by atoms with Crippen molar-refractivity contribution >= 4 is 17.9 Å². The lowest BCUT2D eigenvalue weighted by atomic mass is 9.90. The van der Waals surface area contributed by atoms with Gasteiger partial charge in [-0.3, -0.25) is 4.79 Å². The van der Waals surface area contributed by atoms with Crippen LogP contribution in [0, 0.1) is 5.92 Å². The van der Waals surface area contributed by atoms with Gasteiger partial charge in [0.25, 0.3) is 0 Å². The van der Waals surface area contributed by atoms with Crippen molar-refractivity contribution in [1.29, 1.82) is 0 Å². The summed E-state index contributed by atoms with van der Waals surface area (Å²) in [6.45, 7) is 5.90. The molecule has 0 aliphatic carbocycles. The molecule has 3 unspecified atom stereocenters. The number of likely N-dealkylation sites (tertiary alicyclic amines) is 1. The Labute approximate surface area is 124 Å². The molecule has 1 rings (SSSR count). The number of hydrogen-bond acceptors (Lipinski definition) is 3. The molecule has 0 aromatic rings. The maximum Gasteiger partial charge on any atom is 0.329 e. The summed E-state index contributed by atoms with van der Waals surface area (Å²) in [5, 5.41) is 12.0. The first kappa shape index (κ1) is 17.3. The molecule has 7 nitrogen and oxygen atoms in total. The van der Waals surface area contributed by atoms with Crippen LogP contribution in [-0.4, -0.2) is 46.0 Å². The molecule has 0 saturated carbocycles. The molecular weight excluding hydrogens is 274 g/mol. The Morgan fingerprint density at radius 1 is 1.38 bits per heavy atom. The summed E-state index contributed by atoms with van der Waals surface area (Å²) in [6.07, 6.45) is 2.11. The molecule has 4 N–H and O–H groups in total. The van der Waals surface area contributed by atoms with Gasteiger partial charge in [0, 0.05) is 6.54 Å². The third kappa shape index (κ3) is 3.28. The predicted molar refractivity (Wildman–Crippen MR) is 77.6 cm³/mol. The highest BCUT2D eigenvalue weighted by molar-refractivity contribution is 5.92. The van der Waals surface area contributed by atoms with Crippen molar-refractivity contribution in [2.75, 3.05) is 6.54 Å². The first-order valence-electron chi connectivity index (χ1n) is 7.41. The van der Waals surface area contributed by atoms with E-state index in [9.17, 15) is 19.5 Å². The van der Waals surface area contributed by atoms with Gasteiger partial charge >= 0.3 is 12.0 Å². The zero-order valence-corrected chi connectivity index (χ0v) is 12.9. The summed E-state index contributed by atoms with van der Waals surface area (Å²) in [7, 11) is 0. The molecular formula is C14H25N3O4. The summed E-state index contributed by atoms with van der Waals surface area (Å²) in [6, 6.07) is -1.55. The van der Waals surface area contributed by atoms with Gasteiger partial charge in [-0.2, -0.15) is 0 Å². The lowest BCUT2D eigenvalue weighted by molar-refractivity contribution is -0.158. The third-order valence-corrected chi connectivity index (χ3v) is 4.51. The summed E-state index contributed by atoms with van der Waals surface area (Å²) in [5.41, 5.74) is 3.98. The van der Waals surface area contributed by atoms with Gasteiger partial charge in [0.2, 0.25) is 5.91 Å². The van der Waals surface area contributed by atoms with Crippen molar-refractivity contribution < 1.29 is 19.5 Å². The minimum atomic E-state index is -1.16. The van der Waals surface area contributed by atoms with Crippen LogP contribution in [-0.2, 0) is 9.59 Å². The van der Waals surface area contributed by atoms with Gasteiger partial charge in [-0.15, -0.1) is 0 Å². The summed E-state index contributed by atoms with van der Waals surface area (Å²) in [4.78, 5) is 36.9. The molecule has 0 spiro atoms. The quantitative estimate of drug-likeness (QED) is 0.677. The van der Waals surface area contributed by atoms with Crippen LogP contribution in [0.15, 0.2) is 0 Å². The molecule has 0 aromatic carbocycles. The second-order valence-corrected chi connectivity index (χ2v) is 5.66. The van der Waals surface area contributed by atoms with Gasteiger partial charge in [0.05, 0.1) is 0 Å². The molecule has 120 valence electrons. The van der Waals surface area contributed by atoms with Crippen LogP contribution >= 0.6 is 0 Å². The number of carboxylic acid groups (broad SMARTS) is 1. The number of nitrogens with one attached hydrogen (secondary N) is 1. The lowest BCUT2D eigenvalue weighted by Gasteiger charge is -2.37. The van der Waals surface area contributed by atoms with E-state index in [-0.39, 0.29) is 11.8 Å². The number of nitrogens with zero attached hydrogens (tertiary/aromatic N) is 1. The molecule has 3 amide bonds. The van der Waals surface area contributed by atoms with E-state index in [0.717, 1.165) is 0 Å². The van der Waals surface area contributed by atoms with Crippen molar-refractivity contribution in [3.8, 4) is 0 Å². The van der Waals surface area contributed by atoms with E-state index in [2.05, 4.69) is 5.32 Å². The van der Waals surface area contributed by atoms with Gasteiger partial charge < -0.3 is 21.1 Å². The molecule has 1 heterocycles. The number of amides is 3. The largest absolute Gasteiger partial charge is 0.479 e. The van der Waals surface area contributed by atoms with Crippen LogP contribution < -0.4 is 11.1 Å². The first-order chi connectivity index (χ1) is 9.80. The van der Waals surface area contributed by atoms with Crippen LogP contribution in [0.5, 0.6) is 0 Å². The Hall–Kier alpha value is -1.79. The van der Waals surface area contributed by atoms with Crippen molar-refractivity contribution in [1.82, 2.24) is 10.2 Å². The van der Waals surface area contributed by atoms with E-state index < -0.39 is 23.6 Å². The lowest BCUT2D eigenvalue weighted by Crippen LogP contribution is -2.60. The van der Waals surface area contributed by atoms with Gasteiger partial charge in [0.1, 0.15) is 11.6 Å². The number of carbonyl (C=O) groups excluding carboxylic acids is 2. The predicted octanol–water partition coefficient (Wildman–Crippen LogP) is 0.925. The second kappa shape index (κ2) is 6.78. The summed E-state index contributed by atoms with van der Waals surface area (Å²) >= 11 is 0. The van der Waals surface area contributed by atoms with E-state index >= 15 is 0 Å². The van der Waals surface area contributed by atoms with Crippen molar-refractivity contribution in [2.24, 2.45) is 11.7 Å². The number of carboxylic acids is 1. The van der Waals surface area contributed by atoms with E-state index in [0.29, 0.717) is 32.2 Å². The fraction of sp³-hybridized carbons (Fsp3) is 0.786. The van der Waals surface area contributed by atoms with Crippen molar-refractivity contribution in [3.05, 3.63) is 0 Å². The Kier molecular flexibility index (Phi) is 5.57. The Morgan fingerprint density at radius 2 is 2.00 bits per heavy atom. The van der Waals surface area contributed by atoms with Crippen LogP contribution in [0.3, 0.4) is 0 Å². The molecule has 1 fully saturated rings. The Morgan fingerprint density at radius 3 is 2.43 bits per heavy atom. The zero-order valence-electron chi connectivity index (χ0n) is 12.9. The monoisotopic (exact) mass is 299 g/mol. The number of rotatable bonds is 6. The van der Waals surface area contributed by atoms with Gasteiger partial charge in [-0.05, 0) is 25.2 Å². The van der Waals surface area contributed by atoms with Crippen molar-refractivity contribution in [2.45, 2.75) is 58.0 Å². The standard InChI is InChI=1S/C14H25N3O4/c1-4-9(3)10(16-13(15)21)11(18)17-8-6-7-14(17,5-2)12(19)20/h9-10H,4-8H2,1-3H3,(H,19,20)(H3,15,16,21). The fourth-order valence-electron chi connectivity index (χ4n) is 2.95. The van der Waals surface area contributed by atoms with Gasteiger partial charge in [-0.1, -0.05) is 27.2 Å². The Balaban J connectivity index is 3.07. The fourth-order valence-corrected chi connectivity index (χ4v) is 2.95. The number of aliphatic carboxylic acids is 1. The normalized spacial score (nSPS) is 24.4. The molecule has 7 heteroatoms. The highest BCUT2D eigenvalue weighted by Crippen LogP contribution is 2.34. The van der Waals surface area contributed by atoms with Crippen LogP contribution in [0.2, 0.25) is 0 Å². The Bertz CT molecular complexity index is 426. The third-order valence-electron chi connectivity index (χ3n) is 4.51. The van der Waals surface area contributed by atoms with E-state index in [1.165, 1.54) is 4.90 Å². The topological polar surface area (TPSA) is 113 Å². The van der Waals surface area contributed by atoms with Crippen LogP contribution in [0.4, 0.5) is 4.79 Å². The van der Waals surface area contributed by atoms with E-state index in [4.69, 9.17) is 5.73 Å². The number of carbonyl (C=O) groups is 3. The van der Waals surface area contributed by atoms with Crippen molar-refractivity contribution in [3.63, 3.8) is 0 Å². The highest BCUT2D eigenvalue weighted by atomic mass is 16.4. The average Bonchev–Trinajstić information content (AvgIpc) is 2.88. The molecule has 21 heavy (non-hydrogen) atoms. The minimum Gasteiger partial charge on any atom is -0.479 e. The smallest absolute Gasteiger partial charge is 0.329 e. The van der Waals surface area contributed by atoms with Gasteiger partial charge in [0.15, 0.2) is 0 Å². The number of hydrogen-bond donors (Lipinski definition) is 3. The maximum atomic E-state index is 12.8. The molecule has 0 aromatic heterocycles. The molecule has 1 aliphatic rings. The van der Waals surface area contributed by atoms with Crippen LogP contribution in [0.1, 0.15) is 46.5 Å². The van der Waals surface area contributed by atoms with Gasteiger partial charge in [-0.25, -0.2) is 9.59 Å². The molecule has 1 aliphatic heterocycles. The molecule has 3 atom stereocenters. The van der Waals surface area contributed by atoms with E-state index in [1.807, 2.05) is 13.8 Å². The number of urea groups is 1. The number of primary amides is 1. The average molecular weight is 299 g/mol. The molecule has 0 radical (unpaired) electrons. The second-order valence-electron chi connectivity index (χ2n) is 5.66. The minimum absolute atomic E-state index is 0.117. The van der Waals surface area contributed by atoms with E-state index in [1.54, 1.807) is 6.92 Å². The van der Waals surface area contributed by atoms with Crippen LogP contribution in [0.25, 0.3) is 0 Å². The first-order valence-corrected chi connectivity index (χ1v) is 7.41. The SMILES string of the molecule is CCC(C)C(NC(N)=O)C(=O)N1CCCC1(CC)C(=O)O. The zero-order chi connectivity index (χ0) is 16.2. The number of nitrogens with two attached hydrogens (primary N) is 1. The highest BCUT2D eigenvalue weighted by Gasteiger charge is 2.50. The summed E-state index contributed by atoms with van der Waals surface area (Å²) < 4.78 is 0. The molecule has 0 bridgehead atoms. The summed E-state index contributed by atoms with van der Waals surface area (Å²) in [5.74, 6) is -1.46. The molecule has 1 saturated heterocycles.